The molecular weight excluding hydrogens is 547 g/mol. The summed E-state index contributed by atoms with van der Waals surface area (Å²) in [6.07, 6.45) is -4.30. The molecule has 1 amide bonds. The number of ether oxygens (including phenoxy) is 1. The summed E-state index contributed by atoms with van der Waals surface area (Å²) >= 11 is 0. The molecule has 41 heavy (non-hydrogen) atoms. The maximum absolute atomic E-state index is 12.5. The molecule has 1 aliphatic rings. The average Bonchev–Trinajstić information content (AvgIpc) is 2.91. The number of hydrogen-bond donors (Lipinski definition) is 4. The van der Waals surface area contributed by atoms with Crippen LogP contribution in [0.4, 0.5) is 24.5 Å². The molecule has 1 fully saturated rings. The van der Waals surface area contributed by atoms with Crippen LogP contribution in [-0.4, -0.2) is 103 Å². The molecule has 2 aromatic carbocycles. The topological polar surface area (TPSA) is 144 Å². The van der Waals surface area contributed by atoms with Gasteiger partial charge in [0.1, 0.15) is 0 Å². The molecule has 4 N–H and O–H groups in total. The maximum Gasteiger partial charge on any atom is 0.490 e. The lowest BCUT2D eigenvalue weighted by molar-refractivity contribution is -0.192. The number of halogens is 3. The Balaban J connectivity index is 0.000000745. The molecule has 3 rings (SSSR count). The number of piperazine rings is 1. The van der Waals surface area contributed by atoms with E-state index in [-0.39, 0.29) is 11.5 Å². The van der Waals surface area contributed by atoms with Gasteiger partial charge in [0.2, 0.25) is 5.91 Å². The summed E-state index contributed by atoms with van der Waals surface area (Å²) in [5, 5.41) is 22.7. The zero-order valence-electron chi connectivity index (χ0n) is 22.8. The number of hydrogen-bond acceptors (Lipinski definition) is 6. The van der Waals surface area contributed by atoms with Gasteiger partial charge in [0.25, 0.3) is 0 Å². The first-order chi connectivity index (χ1) is 19.4. The standard InChI is InChI=1S/C25H33N5O4.C2HF3O2/c1-19-6-3-8-21(16-19)27-23(31)18-29-11-13-30(14-12-29)25(26-10-5-15-34-2)28-22-9-4-7-20(17-22)24(32)33;3-2(4,5)1(6)7/h3-4,6-9,16-17H,5,10-15,18H2,1-2H3,(H,26,28)(H,27,31)(H,32,33);(H,6,7). The van der Waals surface area contributed by atoms with Gasteiger partial charge in [0.05, 0.1) is 12.1 Å². The number of nitrogens with one attached hydrogen (secondary N) is 2. The van der Waals surface area contributed by atoms with Gasteiger partial charge >= 0.3 is 18.1 Å². The fourth-order valence-corrected chi connectivity index (χ4v) is 3.72. The number of aryl methyl sites for hydroxylation is 1. The van der Waals surface area contributed by atoms with Crippen LogP contribution in [0.25, 0.3) is 0 Å². The molecule has 0 spiro atoms. The molecule has 1 saturated heterocycles. The fourth-order valence-electron chi connectivity index (χ4n) is 3.72. The molecule has 0 aliphatic carbocycles. The van der Waals surface area contributed by atoms with Crippen molar-refractivity contribution < 1.29 is 42.5 Å². The molecule has 2 aromatic rings. The van der Waals surface area contributed by atoms with Crippen LogP contribution in [0.3, 0.4) is 0 Å². The second-order valence-corrected chi connectivity index (χ2v) is 9.05. The minimum atomic E-state index is -5.08. The monoisotopic (exact) mass is 581 g/mol. The van der Waals surface area contributed by atoms with Crippen molar-refractivity contribution >= 4 is 35.2 Å². The number of carboxylic acid groups (broad SMARTS) is 2. The van der Waals surface area contributed by atoms with Crippen molar-refractivity contribution in [1.82, 2.24) is 9.80 Å². The lowest BCUT2D eigenvalue weighted by atomic mass is 10.2. The number of nitrogens with zero attached hydrogens (tertiary/aromatic N) is 3. The molecule has 0 unspecified atom stereocenters. The van der Waals surface area contributed by atoms with Crippen LogP contribution in [-0.2, 0) is 14.3 Å². The first-order valence-electron chi connectivity index (χ1n) is 12.7. The molecule has 0 saturated carbocycles. The largest absolute Gasteiger partial charge is 0.490 e. The SMILES string of the molecule is COCCCN=C(Nc1cccc(C(=O)O)c1)N1CCN(CC(=O)Nc2cccc(C)c2)CC1.O=C(O)C(F)(F)F. The number of alkyl halides is 3. The first kappa shape index (κ1) is 33.0. The van der Waals surface area contributed by atoms with Gasteiger partial charge < -0.3 is 30.5 Å². The van der Waals surface area contributed by atoms with Gasteiger partial charge in [-0.2, -0.15) is 13.2 Å². The highest BCUT2D eigenvalue weighted by Gasteiger charge is 2.38. The van der Waals surface area contributed by atoms with Crippen LogP contribution in [0.2, 0.25) is 0 Å². The van der Waals surface area contributed by atoms with Crippen molar-refractivity contribution in [2.24, 2.45) is 4.99 Å². The van der Waals surface area contributed by atoms with E-state index in [0.29, 0.717) is 44.4 Å². The molecule has 1 heterocycles. The molecule has 224 valence electrons. The third-order valence-corrected chi connectivity index (χ3v) is 5.72. The number of aliphatic imine (C=N–C) groups is 1. The number of carboxylic acids is 2. The number of guanidine groups is 1. The van der Waals surface area contributed by atoms with Gasteiger partial charge in [0, 0.05) is 57.8 Å². The van der Waals surface area contributed by atoms with E-state index in [2.05, 4.69) is 20.4 Å². The fraction of sp³-hybridized carbons (Fsp3) is 0.407. The average molecular weight is 582 g/mol. The van der Waals surface area contributed by atoms with Crippen molar-refractivity contribution in [3.05, 3.63) is 59.7 Å². The van der Waals surface area contributed by atoms with E-state index in [1.54, 1.807) is 25.3 Å². The summed E-state index contributed by atoms with van der Waals surface area (Å²) in [5.41, 5.74) is 2.80. The van der Waals surface area contributed by atoms with E-state index in [1.807, 2.05) is 37.3 Å². The van der Waals surface area contributed by atoms with Crippen molar-refractivity contribution in [1.29, 1.82) is 0 Å². The number of carbonyl (C=O) groups is 3. The Hall–Kier alpha value is -4.17. The number of amides is 1. The highest BCUT2D eigenvalue weighted by Crippen LogP contribution is 2.14. The number of methoxy groups -OCH3 is 1. The van der Waals surface area contributed by atoms with E-state index in [1.165, 1.54) is 0 Å². The van der Waals surface area contributed by atoms with Crippen LogP contribution in [0.5, 0.6) is 0 Å². The Morgan fingerprint density at radius 3 is 2.15 bits per heavy atom. The zero-order valence-corrected chi connectivity index (χ0v) is 22.8. The van der Waals surface area contributed by atoms with Gasteiger partial charge in [-0.05, 0) is 49.2 Å². The molecule has 0 radical (unpaired) electrons. The van der Waals surface area contributed by atoms with Crippen LogP contribution in [0.15, 0.2) is 53.5 Å². The van der Waals surface area contributed by atoms with Crippen molar-refractivity contribution in [3.8, 4) is 0 Å². The molecular formula is C27H34F3N5O6. The maximum atomic E-state index is 12.5. The minimum Gasteiger partial charge on any atom is -0.478 e. The molecule has 14 heteroatoms. The van der Waals surface area contributed by atoms with Crippen molar-refractivity contribution in [2.75, 3.05) is 63.6 Å². The summed E-state index contributed by atoms with van der Waals surface area (Å²) in [6.45, 7) is 6.37. The number of benzene rings is 2. The summed E-state index contributed by atoms with van der Waals surface area (Å²) < 4.78 is 36.9. The Kier molecular flexibility index (Phi) is 13.0. The van der Waals surface area contributed by atoms with Gasteiger partial charge in [-0.25, -0.2) is 9.59 Å². The quantitative estimate of drug-likeness (QED) is 0.199. The zero-order chi connectivity index (χ0) is 30.4. The Labute approximate surface area is 235 Å². The lowest BCUT2D eigenvalue weighted by Crippen LogP contribution is -2.52. The van der Waals surface area contributed by atoms with Crippen LogP contribution in [0.1, 0.15) is 22.3 Å². The number of anilines is 2. The summed E-state index contributed by atoms with van der Waals surface area (Å²) in [7, 11) is 1.66. The van der Waals surface area contributed by atoms with E-state index in [4.69, 9.17) is 19.6 Å². The van der Waals surface area contributed by atoms with Gasteiger partial charge in [0.15, 0.2) is 5.96 Å². The second-order valence-electron chi connectivity index (χ2n) is 9.05. The number of rotatable bonds is 9. The van der Waals surface area contributed by atoms with Gasteiger partial charge in [-0.3, -0.25) is 14.7 Å². The molecule has 11 nitrogen and oxygen atoms in total. The van der Waals surface area contributed by atoms with Crippen LogP contribution >= 0.6 is 0 Å². The predicted octanol–water partition coefficient (Wildman–Crippen LogP) is 3.39. The smallest absolute Gasteiger partial charge is 0.478 e. The molecule has 0 aromatic heterocycles. The van der Waals surface area contributed by atoms with E-state index < -0.39 is 18.1 Å². The first-order valence-corrected chi connectivity index (χ1v) is 12.7. The number of carbonyl (C=O) groups excluding carboxylic acids is 1. The van der Waals surface area contributed by atoms with Crippen molar-refractivity contribution in [3.63, 3.8) is 0 Å². The Morgan fingerprint density at radius 2 is 1.59 bits per heavy atom. The summed E-state index contributed by atoms with van der Waals surface area (Å²) in [6, 6.07) is 14.4. The van der Waals surface area contributed by atoms with E-state index in [9.17, 15) is 27.9 Å². The Bertz CT molecular complexity index is 1200. The summed E-state index contributed by atoms with van der Waals surface area (Å²) in [5.74, 6) is -3.06. The predicted molar refractivity (Wildman–Crippen MR) is 147 cm³/mol. The van der Waals surface area contributed by atoms with Crippen LogP contribution in [0, 0.1) is 6.92 Å². The second kappa shape index (κ2) is 16.2. The van der Waals surface area contributed by atoms with E-state index in [0.717, 1.165) is 30.8 Å². The Morgan fingerprint density at radius 1 is 0.976 bits per heavy atom. The van der Waals surface area contributed by atoms with Crippen molar-refractivity contribution in [2.45, 2.75) is 19.5 Å². The minimum absolute atomic E-state index is 0.0314. The highest BCUT2D eigenvalue weighted by atomic mass is 19.4. The van der Waals surface area contributed by atoms with Gasteiger partial charge in [-0.1, -0.05) is 18.2 Å². The number of aromatic carboxylic acids is 1. The normalized spacial score (nSPS) is 14.1. The third-order valence-electron chi connectivity index (χ3n) is 5.72. The number of aliphatic carboxylic acids is 1. The molecule has 1 aliphatic heterocycles. The third kappa shape index (κ3) is 12.3. The summed E-state index contributed by atoms with van der Waals surface area (Å²) in [4.78, 5) is 41.7. The van der Waals surface area contributed by atoms with Crippen LogP contribution < -0.4 is 10.6 Å². The molecule has 0 bridgehead atoms. The van der Waals surface area contributed by atoms with Gasteiger partial charge in [-0.15, -0.1) is 0 Å². The molecule has 0 atom stereocenters. The lowest BCUT2D eigenvalue weighted by Gasteiger charge is -2.36. The highest BCUT2D eigenvalue weighted by molar-refractivity contribution is 5.96. The van der Waals surface area contributed by atoms with E-state index >= 15 is 0 Å².